The van der Waals surface area contributed by atoms with Gasteiger partial charge in [-0.25, -0.2) is 0 Å². The van der Waals surface area contributed by atoms with Crippen LogP contribution in [0.1, 0.15) is 181 Å². The van der Waals surface area contributed by atoms with E-state index in [1.54, 1.807) is 0 Å². The highest BCUT2D eigenvalue weighted by molar-refractivity contribution is 5.71. The lowest BCUT2D eigenvalue weighted by Crippen LogP contribution is -2.30. The molecule has 0 saturated carbocycles. The van der Waals surface area contributed by atoms with Crippen molar-refractivity contribution in [1.29, 1.82) is 0 Å². The molecule has 0 amide bonds. The fraction of sp³-hybridized carbons (Fsp3) is 0.574. The van der Waals surface area contributed by atoms with Crippen molar-refractivity contribution in [2.75, 3.05) is 13.2 Å². The molecule has 60 heavy (non-hydrogen) atoms. The molecular weight excluding hydrogens is 745 g/mol. The van der Waals surface area contributed by atoms with Gasteiger partial charge in [0.15, 0.2) is 6.10 Å². The summed E-state index contributed by atoms with van der Waals surface area (Å²) in [6.45, 7) is 6.28. The number of rotatable bonds is 40. The van der Waals surface area contributed by atoms with Gasteiger partial charge >= 0.3 is 17.9 Å². The van der Waals surface area contributed by atoms with Crippen LogP contribution in [0.4, 0.5) is 0 Å². The smallest absolute Gasteiger partial charge is 0.306 e. The van der Waals surface area contributed by atoms with E-state index >= 15 is 0 Å². The second kappa shape index (κ2) is 47.5. The maximum absolute atomic E-state index is 12.7. The zero-order valence-corrected chi connectivity index (χ0v) is 38.2. The van der Waals surface area contributed by atoms with Gasteiger partial charge in [0, 0.05) is 19.3 Å². The molecule has 0 spiro atoms. The van der Waals surface area contributed by atoms with E-state index in [0.717, 1.165) is 89.9 Å². The minimum absolute atomic E-state index is 0.130. The summed E-state index contributed by atoms with van der Waals surface area (Å²) < 4.78 is 16.6. The highest BCUT2D eigenvalue weighted by Gasteiger charge is 2.19. The second-order valence-electron chi connectivity index (χ2n) is 15.1. The summed E-state index contributed by atoms with van der Waals surface area (Å²) in [7, 11) is 0. The van der Waals surface area contributed by atoms with Crippen molar-refractivity contribution in [3.8, 4) is 0 Å². The molecule has 0 aliphatic carbocycles. The molecule has 0 N–H and O–H groups in total. The van der Waals surface area contributed by atoms with Gasteiger partial charge < -0.3 is 14.2 Å². The number of allylic oxidation sites excluding steroid dienone is 20. The molecule has 0 heterocycles. The van der Waals surface area contributed by atoms with Gasteiger partial charge in [-0.05, 0) is 77.0 Å². The zero-order chi connectivity index (χ0) is 43.7. The molecular formula is C54H84O6. The minimum Gasteiger partial charge on any atom is -0.462 e. The van der Waals surface area contributed by atoms with Gasteiger partial charge in [0.1, 0.15) is 13.2 Å². The largest absolute Gasteiger partial charge is 0.462 e. The van der Waals surface area contributed by atoms with Gasteiger partial charge in [0.25, 0.3) is 0 Å². The van der Waals surface area contributed by atoms with E-state index in [2.05, 4.69) is 87.6 Å². The topological polar surface area (TPSA) is 78.9 Å². The number of unbranched alkanes of at least 4 members (excludes halogenated alkanes) is 16. The molecule has 6 nitrogen and oxygen atoms in total. The number of hydrogen-bond donors (Lipinski definition) is 0. The minimum atomic E-state index is -0.836. The van der Waals surface area contributed by atoms with Gasteiger partial charge in [-0.2, -0.15) is 0 Å². The maximum Gasteiger partial charge on any atom is 0.306 e. The molecule has 0 aliphatic heterocycles. The first-order valence-corrected chi connectivity index (χ1v) is 23.7. The number of hydrogen-bond acceptors (Lipinski definition) is 6. The molecule has 0 saturated heterocycles. The van der Waals surface area contributed by atoms with Crippen molar-refractivity contribution >= 4 is 17.9 Å². The van der Waals surface area contributed by atoms with Crippen LogP contribution in [-0.2, 0) is 28.6 Å². The van der Waals surface area contributed by atoms with Crippen LogP contribution in [0.15, 0.2) is 122 Å². The molecule has 1 atom stereocenters. The lowest BCUT2D eigenvalue weighted by atomic mass is 10.1. The Bertz CT molecular complexity index is 1320. The summed E-state index contributed by atoms with van der Waals surface area (Å²) in [5.41, 5.74) is 0. The van der Waals surface area contributed by atoms with E-state index in [9.17, 15) is 14.4 Å². The fourth-order valence-electron chi connectivity index (χ4n) is 5.80. The Kier molecular flexibility index (Phi) is 44.2. The Morgan fingerprint density at radius 3 is 1.15 bits per heavy atom. The predicted molar refractivity (Wildman–Crippen MR) is 256 cm³/mol. The first-order valence-electron chi connectivity index (χ1n) is 23.7. The van der Waals surface area contributed by atoms with Crippen LogP contribution in [0.3, 0.4) is 0 Å². The summed E-state index contributed by atoms with van der Waals surface area (Å²) in [6.07, 6.45) is 64.7. The SMILES string of the molecule is CC\C=C/C=C\C=C/C=C\C=C/CCCC(=O)OC(COC(=O)CCCCC/C=C\C=C/CCCC)COC(=O)CCCCCCC\C=C/C=C\C=C/CCCCCCC. The highest BCUT2D eigenvalue weighted by Crippen LogP contribution is 2.11. The lowest BCUT2D eigenvalue weighted by Gasteiger charge is -2.18. The summed E-state index contributed by atoms with van der Waals surface area (Å²) >= 11 is 0. The molecule has 0 bridgehead atoms. The van der Waals surface area contributed by atoms with Gasteiger partial charge in [-0.1, -0.05) is 206 Å². The molecule has 6 heteroatoms. The standard InChI is InChI=1S/C54H84O6/c1-4-7-10-13-16-19-22-24-25-26-27-28-30-32-35-38-41-44-47-53(56)59-50-51(49-58-52(55)46-43-40-37-34-31-21-18-15-12-9-6-3)60-54(57)48-45-42-39-36-33-29-23-20-17-14-11-8-5-2/h8,11,14-15,17-18,20-29,31,33,36,39,51H,4-7,9-10,12-13,16,19,30,32,34-35,37-38,40-50H2,1-3H3/b11-8-,17-14-,18-15-,23-20-,24-22-,26-25-,28-27-,31-21-,33-29-,39-36-. The van der Waals surface area contributed by atoms with E-state index in [4.69, 9.17) is 14.2 Å². The fourth-order valence-corrected chi connectivity index (χ4v) is 5.80. The van der Waals surface area contributed by atoms with Crippen LogP contribution in [0.2, 0.25) is 0 Å². The molecule has 336 valence electrons. The van der Waals surface area contributed by atoms with Crippen LogP contribution in [0.25, 0.3) is 0 Å². The first-order chi connectivity index (χ1) is 29.5. The molecule has 0 aromatic carbocycles. The normalized spacial score (nSPS) is 13.2. The van der Waals surface area contributed by atoms with E-state index < -0.39 is 12.1 Å². The third-order valence-corrected chi connectivity index (χ3v) is 9.39. The summed E-state index contributed by atoms with van der Waals surface area (Å²) in [6, 6.07) is 0. The summed E-state index contributed by atoms with van der Waals surface area (Å²) in [5.74, 6) is -1.06. The van der Waals surface area contributed by atoms with E-state index in [-0.39, 0.29) is 31.6 Å². The zero-order valence-electron chi connectivity index (χ0n) is 38.2. The van der Waals surface area contributed by atoms with Crippen molar-refractivity contribution in [2.45, 2.75) is 187 Å². The van der Waals surface area contributed by atoms with Gasteiger partial charge in [-0.3, -0.25) is 14.4 Å². The monoisotopic (exact) mass is 829 g/mol. The van der Waals surface area contributed by atoms with Gasteiger partial charge in [0.05, 0.1) is 0 Å². The van der Waals surface area contributed by atoms with Gasteiger partial charge in [0.2, 0.25) is 0 Å². The van der Waals surface area contributed by atoms with Crippen LogP contribution in [-0.4, -0.2) is 37.2 Å². The Balaban J connectivity index is 4.56. The molecule has 1 unspecified atom stereocenters. The van der Waals surface area contributed by atoms with Crippen molar-refractivity contribution < 1.29 is 28.6 Å². The van der Waals surface area contributed by atoms with Crippen LogP contribution < -0.4 is 0 Å². The Morgan fingerprint density at radius 1 is 0.350 bits per heavy atom. The third kappa shape index (κ3) is 44.9. The van der Waals surface area contributed by atoms with Crippen LogP contribution in [0.5, 0.6) is 0 Å². The number of ether oxygens (including phenoxy) is 3. The lowest BCUT2D eigenvalue weighted by molar-refractivity contribution is -0.167. The molecule has 0 radical (unpaired) electrons. The highest BCUT2D eigenvalue weighted by atomic mass is 16.6. The molecule has 0 fully saturated rings. The average Bonchev–Trinajstić information content (AvgIpc) is 3.24. The Morgan fingerprint density at radius 2 is 0.683 bits per heavy atom. The van der Waals surface area contributed by atoms with E-state index in [0.29, 0.717) is 19.3 Å². The number of carbonyl (C=O) groups is 3. The average molecular weight is 829 g/mol. The quantitative estimate of drug-likeness (QED) is 0.0265. The molecule has 0 rings (SSSR count). The van der Waals surface area contributed by atoms with Crippen molar-refractivity contribution in [1.82, 2.24) is 0 Å². The maximum atomic E-state index is 12.7. The van der Waals surface area contributed by atoms with Crippen molar-refractivity contribution in [3.05, 3.63) is 122 Å². The summed E-state index contributed by atoms with van der Waals surface area (Å²) in [5, 5.41) is 0. The molecule has 0 aromatic heterocycles. The van der Waals surface area contributed by atoms with Crippen molar-refractivity contribution in [2.24, 2.45) is 0 Å². The van der Waals surface area contributed by atoms with Crippen LogP contribution >= 0.6 is 0 Å². The van der Waals surface area contributed by atoms with Crippen molar-refractivity contribution in [3.63, 3.8) is 0 Å². The number of carbonyl (C=O) groups excluding carboxylic acids is 3. The van der Waals surface area contributed by atoms with E-state index in [1.165, 1.54) is 44.9 Å². The molecule has 0 aliphatic rings. The predicted octanol–water partition coefficient (Wildman–Crippen LogP) is 15.4. The first kappa shape index (κ1) is 55.8. The Labute approximate surface area is 367 Å². The Hall–Kier alpha value is -4.19. The van der Waals surface area contributed by atoms with Crippen LogP contribution in [0, 0.1) is 0 Å². The molecule has 0 aromatic rings. The third-order valence-electron chi connectivity index (χ3n) is 9.39. The summed E-state index contributed by atoms with van der Waals surface area (Å²) in [4.78, 5) is 37.8. The number of esters is 3. The van der Waals surface area contributed by atoms with E-state index in [1.807, 2.05) is 54.7 Å². The second-order valence-corrected chi connectivity index (χ2v) is 15.1. The van der Waals surface area contributed by atoms with Gasteiger partial charge in [-0.15, -0.1) is 0 Å².